The van der Waals surface area contributed by atoms with Gasteiger partial charge in [-0.25, -0.2) is 0 Å². The highest BCUT2D eigenvalue weighted by Crippen LogP contribution is 2.20. The predicted octanol–water partition coefficient (Wildman–Crippen LogP) is 2.80. The quantitative estimate of drug-likeness (QED) is 0.307. The topological polar surface area (TPSA) is 48.9 Å². The number of guanidine groups is 1. The average Bonchev–Trinajstić information content (AvgIpc) is 3.07. The van der Waals surface area contributed by atoms with E-state index in [0.29, 0.717) is 6.04 Å². The SMILES string of the molecule is CN=C(NCC(c1ccc(OC)cc1)N(C)C)NC1CC=CC1.I. The van der Waals surface area contributed by atoms with Crippen molar-refractivity contribution in [2.45, 2.75) is 24.9 Å². The van der Waals surface area contributed by atoms with Crippen molar-refractivity contribution in [1.82, 2.24) is 15.5 Å². The summed E-state index contributed by atoms with van der Waals surface area (Å²) in [6, 6.07) is 8.96. The number of ether oxygens (including phenoxy) is 1. The predicted molar refractivity (Wildman–Crippen MR) is 111 cm³/mol. The molecule has 0 saturated heterocycles. The lowest BCUT2D eigenvalue weighted by Gasteiger charge is -2.27. The molecule has 0 fully saturated rings. The van der Waals surface area contributed by atoms with E-state index in [1.165, 1.54) is 5.56 Å². The van der Waals surface area contributed by atoms with Gasteiger partial charge in [0.15, 0.2) is 5.96 Å². The van der Waals surface area contributed by atoms with E-state index in [1.54, 1.807) is 7.11 Å². The van der Waals surface area contributed by atoms with Crippen molar-refractivity contribution >= 4 is 29.9 Å². The fraction of sp³-hybridized carbons (Fsp3) is 0.500. The van der Waals surface area contributed by atoms with Gasteiger partial charge in [-0.2, -0.15) is 0 Å². The van der Waals surface area contributed by atoms with E-state index in [-0.39, 0.29) is 30.0 Å². The van der Waals surface area contributed by atoms with Crippen LogP contribution in [0.2, 0.25) is 0 Å². The minimum Gasteiger partial charge on any atom is -0.497 e. The molecule has 1 aliphatic rings. The van der Waals surface area contributed by atoms with Crippen LogP contribution in [0, 0.1) is 0 Å². The number of aliphatic imine (C=N–C) groups is 1. The molecule has 6 heteroatoms. The molecule has 0 bridgehead atoms. The fourth-order valence-corrected chi connectivity index (χ4v) is 2.74. The zero-order valence-electron chi connectivity index (χ0n) is 15.0. The van der Waals surface area contributed by atoms with Gasteiger partial charge in [0.1, 0.15) is 5.75 Å². The molecular weight excluding hydrogens is 415 g/mol. The normalized spacial score (nSPS) is 16.0. The van der Waals surface area contributed by atoms with Gasteiger partial charge in [0.25, 0.3) is 0 Å². The molecule has 0 radical (unpaired) electrons. The summed E-state index contributed by atoms with van der Waals surface area (Å²) < 4.78 is 5.24. The summed E-state index contributed by atoms with van der Waals surface area (Å²) in [4.78, 5) is 6.54. The molecule has 134 valence electrons. The maximum Gasteiger partial charge on any atom is 0.191 e. The molecule has 1 aromatic rings. The Kier molecular flexibility index (Phi) is 9.13. The van der Waals surface area contributed by atoms with Crippen LogP contribution in [0.3, 0.4) is 0 Å². The minimum absolute atomic E-state index is 0. The van der Waals surface area contributed by atoms with Crippen LogP contribution in [0.25, 0.3) is 0 Å². The molecule has 0 heterocycles. The first-order valence-corrected chi connectivity index (χ1v) is 8.06. The molecule has 0 spiro atoms. The Labute approximate surface area is 162 Å². The second-order valence-corrected chi connectivity index (χ2v) is 5.99. The third-order valence-electron chi connectivity index (χ3n) is 4.16. The standard InChI is InChI=1S/C18H28N4O.HI/c1-19-18(21-15-7-5-6-8-15)20-13-17(22(2)3)14-9-11-16(23-4)12-10-14;/h5-6,9-12,15,17H,7-8,13H2,1-4H3,(H2,19,20,21);1H. The summed E-state index contributed by atoms with van der Waals surface area (Å²) in [5.41, 5.74) is 1.25. The van der Waals surface area contributed by atoms with E-state index in [0.717, 1.165) is 31.1 Å². The molecule has 1 aliphatic carbocycles. The van der Waals surface area contributed by atoms with Crippen molar-refractivity contribution in [2.24, 2.45) is 4.99 Å². The van der Waals surface area contributed by atoms with Gasteiger partial charge in [-0.3, -0.25) is 4.99 Å². The van der Waals surface area contributed by atoms with Crippen LogP contribution >= 0.6 is 24.0 Å². The number of benzene rings is 1. The molecular formula is C18H29IN4O. The van der Waals surface area contributed by atoms with Crippen LogP contribution in [0.15, 0.2) is 41.4 Å². The first-order valence-electron chi connectivity index (χ1n) is 8.06. The van der Waals surface area contributed by atoms with E-state index in [2.05, 4.69) is 58.9 Å². The van der Waals surface area contributed by atoms with E-state index in [4.69, 9.17) is 4.74 Å². The molecule has 0 saturated carbocycles. The van der Waals surface area contributed by atoms with Crippen LogP contribution in [0.1, 0.15) is 24.4 Å². The van der Waals surface area contributed by atoms with Gasteiger partial charge < -0.3 is 20.3 Å². The number of hydrogen-bond donors (Lipinski definition) is 2. The summed E-state index contributed by atoms with van der Waals surface area (Å²) >= 11 is 0. The van der Waals surface area contributed by atoms with Crippen molar-refractivity contribution in [3.63, 3.8) is 0 Å². The number of rotatable bonds is 6. The number of hydrogen-bond acceptors (Lipinski definition) is 3. The minimum atomic E-state index is 0. The Morgan fingerprint density at radius 3 is 2.38 bits per heavy atom. The Morgan fingerprint density at radius 1 is 1.25 bits per heavy atom. The summed E-state index contributed by atoms with van der Waals surface area (Å²) in [7, 11) is 7.69. The first kappa shape index (κ1) is 20.8. The molecule has 0 aliphatic heterocycles. The van der Waals surface area contributed by atoms with Gasteiger partial charge in [0.2, 0.25) is 0 Å². The lowest BCUT2D eigenvalue weighted by molar-refractivity contribution is 0.297. The monoisotopic (exact) mass is 444 g/mol. The molecule has 1 unspecified atom stereocenters. The Balaban J connectivity index is 0.00000288. The lowest BCUT2D eigenvalue weighted by Crippen LogP contribution is -2.45. The third-order valence-corrected chi connectivity index (χ3v) is 4.16. The molecule has 0 aromatic heterocycles. The molecule has 2 rings (SSSR count). The summed E-state index contributed by atoms with van der Waals surface area (Å²) in [6.45, 7) is 0.791. The van der Waals surface area contributed by atoms with Crippen molar-refractivity contribution in [1.29, 1.82) is 0 Å². The maximum atomic E-state index is 5.24. The van der Waals surface area contributed by atoms with Crippen LogP contribution in [0.5, 0.6) is 5.75 Å². The van der Waals surface area contributed by atoms with E-state index >= 15 is 0 Å². The Morgan fingerprint density at radius 2 is 1.88 bits per heavy atom. The Bertz CT molecular complexity index is 534. The van der Waals surface area contributed by atoms with Crippen molar-refractivity contribution in [2.75, 3.05) is 34.8 Å². The van der Waals surface area contributed by atoms with Crippen LogP contribution in [0.4, 0.5) is 0 Å². The maximum absolute atomic E-state index is 5.24. The van der Waals surface area contributed by atoms with Crippen molar-refractivity contribution in [3.8, 4) is 5.75 Å². The van der Waals surface area contributed by atoms with E-state index in [1.807, 2.05) is 19.2 Å². The largest absolute Gasteiger partial charge is 0.497 e. The highest BCUT2D eigenvalue weighted by atomic mass is 127. The molecule has 1 aromatic carbocycles. The second-order valence-electron chi connectivity index (χ2n) is 5.99. The number of halogens is 1. The van der Waals surface area contributed by atoms with Gasteiger partial charge in [-0.05, 0) is 44.6 Å². The van der Waals surface area contributed by atoms with Crippen LogP contribution < -0.4 is 15.4 Å². The number of nitrogens with one attached hydrogen (secondary N) is 2. The van der Waals surface area contributed by atoms with Gasteiger partial charge in [-0.1, -0.05) is 24.3 Å². The van der Waals surface area contributed by atoms with Crippen LogP contribution in [-0.2, 0) is 0 Å². The van der Waals surface area contributed by atoms with Gasteiger partial charge in [-0.15, -0.1) is 24.0 Å². The van der Waals surface area contributed by atoms with Crippen LogP contribution in [-0.4, -0.2) is 51.7 Å². The van der Waals surface area contributed by atoms with Gasteiger partial charge in [0.05, 0.1) is 13.2 Å². The number of nitrogens with zero attached hydrogens (tertiary/aromatic N) is 2. The highest BCUT2D eigenvalue weighted by molar-refractivity contribution is 14.0. The molecule has 1 atom stereocenters. The van der Waals surface area contributed by atoms with E-state index < -0.39 is 0 Å². The zero-order valence-corrected chi connectivity index (χ0v) is 17.3. The summed E-state index contributed by atoms with van der Waals surface area (Å²) in [5, 5.41) is 6.91. The lowest BCUT2D eigenvalue weighted by atomic mass is 10.1. The average molecular weight is 444 g/mol. The number of methoxy groups -OCH3 is 1. The Hall–Kier alpha value is -1.28. The number of likely N-dealkylation sites (N-methyl/N-ethyl adjacent to an activating group) is 1. The van der Waals surface area contributed by atoms with Gasteiger partial charge in [0, 0.05) is 19.6 Å². The fourth-order valence-electron chi connectivity index (χ4n) is 2.74. The highest BCUT2D eigenvalue weighted by Gasteiger charge is 2.16. The van der Waals surface area contributed by atoms with Gasteiger partial charge >= 0.3 is 0 Å². The molecule has 24 heavy (non-hydrogen) atoms. The smallest absolute Gasteiger partial charge is 0.191 e. The zero-order chi connectivity index (χ0) is 16.7. The van der Waals surface area contributed by atoms with Crippen molar-refractivity contribution < 1.29 is 4.74 Å². The molecule has 0 amide bonds. The third kappa shape index (κ3) is 5.98. The molecule has 5 nitrogen and oxygen atoms in total. The van der Waals surface area contributed by atoms with Crippen molar-refractivity contribution in [3.05, 3.63) is 42.0 Å². The second kappa shape index (κ2) is 10.6. The first-order chi connectivity index (χ1) is 11.1. The summed E-state index contributed by atoms with van der Waals surface area (Å²) in [6.07, 6.45) is 6.56. The molecule has 2 N–H and O–H groups in total. The van der Waals surface area contributed by atoms with E-state index in [9.17, 15) is 0 Å². The summed E-state index contributed by atoms with van der Waals surface area (Å²) in [5.74, 6) is 1.74.